The maximum absolute atomic E-state index is 13.2. The Morgan fingerprint density at radius 1 is 1.07 bits per heavy atom. The number of nitrogens with one attached hydrogen (secondary N) is 1. The molecule has 4 amide bonds. The number of hydrogen-bond donors (Lipinski definition) is 1. The van der Waals surface area contributed by atoms with Gasteiger partial charge in [0.05, 0.1) is 0 Å². The Morgan fingerprint density at radius 3 is 2.40 bits per heavy atom. The number of imide groups is 1. The zero-order chi connectivity index (χ0) is 21.7. The highest BCUT2D eigenvalue weighted by atomic mass is 16.2. The molecular weight excluding hydrogens is 378 g/mol. The van der Waals surface area contributed by atoms with Gasteiger partial charge in [-0.2, -0.15) is 0 Å². The van der Waals surface area contributed by atoms with Crippen molar-refractivity contribution in [3.63, 3.8) is 0 Å². The van der Waals surface area contributed by atoms with Crippen molar-refractivity contribution in [3.8, 4) is 0 Å². The largest absolute Gasteiger partial charge is 0.325 e. The Morgan fingerprint density at radius 2 is 1.73 bits per heavy atom. The van der Waals surface area contributed by atoms with Crippen LogP contribution in [0, 0.1) is 0 Å². The van der Waals surface area contributed by atoms with Crippen molar-refractivity contribution in [2.75, 3.05) is 18.0 Å². The molecule has 6 nitrogen and oxygen atoms in total. The minimum Gasteiger partial charge on any atom is -0.319 e. The second-order valence-corrected chi connectivity index (χ2v) is 9.20. The van der Waals surface area contributed by atoms with Crippen LogP contribution in [0.1, 0.15) is 44.4 Å². The lowest BCUT2D eigenvalue weighted by Crippen LogP contribution is -2.44. The maximum Gasteiger partial charge on any atom is 0.325 e. The van der Waals surface area contributed by atoms with Crippen molar-refractivity contribution >= 4 is 23.5 Å². The van der Waals surface area contributed by atoms with Crippen LogP contribution in [-0.4, -0.2) is 35.8 Å². The van der Waals surface area contributed by atoms with Gasteiger partial charge in [-0.25, -0.2) is 4.79 Å². The number of amides is 4. The molecule has 0 aliphatic carbocycles. The van der Waals surface area contributed by atoms with Gasteiger partial charge >= 0.3 is 6.03 Å². The predicted octanol–water partition coefficient (Wildman–Crippen LogP) is 3.34. The molecular formula is C24H27N3O3. The Hall–Kier alpha value is -3.15. The molecule has 4 rings (SSSR count). The van der Waals surface area contributed by atoms with Gasteiger partial charge < -0.3 is 10.2 Å². The van der Waals surface area contributed by atoms with E-state index in [-0.39, 0.29) is 17.9 Å². The smallest absolute Gasteiger partial charge is 0.319 e. The predicted molar refractivity (Wildman–Crippen MR) is 115 cm³/mol. The van der Waals surface area contributed by atoms with Crippen LogP contribution in [0.5, 0.6) is 0 Å². The molecule has 1 N–H and O–H groups in total. The summed E-state index contributed by atoms with van der Waals surface area (Å²) in [6.07, 6.45) is 0.778. The molecule has 0 radical (unpaired) electrons. The van der Waals surface area contributed by atoms with E-state index in [1.807, 2.05) is 48.5 Å². The Balaban J connectivity index is 1.53. The molecule has 6 heteroatoms. The van der Waals surface area contributed by atoms with Gasteiger partial charge in [-0.05, 0) is 41.5 Å². The fraction of sp³-hybridized carbons (Fsp3) is 0.375. The number of hydrogen-bond acceptors (Lipinski definition) is 3. The van der Waals surface area contributed by atoms with Crippen LogP contribution in [0.2, 0.25) is 0 Å². The standard InChI is InChI=1S/C24H27N3O3/c1-23(2,3)17-9-11-18(12-10-17)24(4)21(29)27(22(30)25-24)15-20(28)26-14-13-16-7-5-6-8-19(16)26/h5-12H,13-15H2,1-4H3,(H,25,30)/t24-/m0/s1. The molecule has 0 saturated carbocycles. The first-order valence-electron chi connectivity index (χ1n) is 10.2. The van der Waals surface area contributed by atoms with E-state index in [9.17, 15) is 14.4 Å². The molecule has 2 aliphatic heterocycles. The number of nitrogens with zero attached hydrogens (tertiary/aromatic N) is 2. The minimum absolute atomic E-state index is 0.00710. The van der Waals surface area contributed by atoms with Crippen LogP contribution in [-0.2, 0) is 27.0 Å². The van der Waals surface area contributed by atoms with Gasteiger partial charge in [0.1, 0.15) is 12.1 Å². The molecule has 0 spiro atoms. The van der Waals surface area contributed by atoms with E-state index < -0.39 is 17.5 Å². The number of urea groups is 1. The summed E-state index contributed by atoms with van der Waals surface area (Å²) in [6, 6.07) is 14.9. The van der Waals surface area contributed by atoms with Crippen molar-refractivity contribution in [1.82, 2.24) is 10.2 Å². The lowest BCUT2D eigenvalue weighted by molar-refractivity contribution is -0.134. The molecule has 0 aromatic heterocycles. The fourth-order valence-corrected chi connectivity index (χ4v) is 4.16. The maximum atomic E-state index is 13.2. The molecule has 1 saturated heterocycles. The van der Waals surface area contributed by atoms with E-state index in [2.05, 4.69) is 26.1 Å². The summed E-state index contributed by atoms with van der Waals surface area (Å²) in [5.74, 6) is -0.660. The van der Waals surface area contributed by atoms with Crippen molar-refractivity contribution in [2.45, 2.75) is 45.1 Å². The SMILES string of the molecule is CC(C)(C)c1ccc([C@]2(C)NC(=O)N(CC(=O)N3CCc4ccccc43)C2=O)cc1. The average Bonchev–Trinajstić information content (AvgIpc) is 3.23. The Bertz CT molecular complexity index is 1020. The number of benzene rings is 2. The van der Waals surface area contributed by atoms with E-state index >= 15 is 0 Å². The zero-order valence-electron chi connectivity index (χ0n) is 17.9. The Kier molecular flexibility index (Phi) is 4.68. The first-order chi connectivity index (χ1) is 14.1. The normalized spacial score (nSPS) is 21.1. The van der Waals surface area contributed by atoms with E-state index in [1.165, 1.54) is 0 Å². The average molecular weight is 405 g/mol. The van der Waals surface area contributed by atoms with Gasteiger partial charge in [0.25, 0.3) is 5.91 Å². The monoisotopic (exact) mass is 405 g/mol. The fourth-order valence-electron chi connectivity index (χ4n) is 4.16. The zero-order valence-corrected chi connectivity index (χ0v) is 17.9. The van der Waals surface area contributed by atoms with Crippen LogP contribution in [0.25, 0.3) is 0 Å². The van der Waals surface area contributed by atoms with Crippen molar-refractivity contribution < 1.29 is 14.4 Å². The number of fused-ring (bicyclic) bond motifs is 1. The molecule has 2 heterocycles. The van der Waals surface area contributed by atoms with Crippen molar-refractivity contribution in [2.24, 2.45) is 0 Å². The number of para-hydroxylation sites is 1. The third kappa shape index (κ3) is 3.26. The summed E-state index contributed by atoms with van der Waals surface area (Å²) in [5.41, 5.74) is 2.62. The van der Waals surface area contributed by atoms with Crippen molar-refractivity contribution in [3.05, 3.63) is 65.2 Å². The lowest BCUT2D eigenvalue weighted by Gasteiger charge is -2.25. The summed E-state index contributed by atoms with van der Waals surface area (Å²) >= 11 is 0. The van der Waals surface area contributed by atoms with Crippen LogP contribution in [0.15, 0.2) is 48.5 Å². The van der Waals surface area contributed by atoms with Gasteiger partial charge in [0.15, 0.2) is 0 Å². The molecule has 1 fully saturated rings. The van der Waals surface area contributed by atoms with E-state index in [1.54, 1.807) is 11.8 Å². The summed E-state index contributed by atoms with van der Waals surface area (Å²) < 4.78 is 0. The summed E-state index contributed by atoms with van der Waals surface area (Å²) in [5, 5.41) is 2.79. The molecule has 0 bridgehead atoms. The third-order valence-corrected chi connectivity index (χ3v) is 6.08. The molecule has 2 aliphatic rings. The summed E-state index contributed by atoms with van der Waals surface area (Å²) in [6.45, 7) is 8.35. The highest BCUT2D eigenvalue weighted by Gasteiger charge is 2.50. The number of carbonyl (C=O) groups is 3. The molecule has 2 aromatic rings. The lowest BCUT2D eigenvalue weighted by atomic mass is 9.84. The molecule has 2 aromatic carbocycles. The van der Waals surface area contributed by atoms with Gasteiger partial charge in [0, 0.05) is 12.2 Å². The summed E-state index contributed by atoms with van der Waals surface area (Å²) in [7, 11) is 0. The number of carbonyl (C=O) groups excluding carboxylic acids is 3. The van der Waals surface area contributed by atoms with Crippen molar-refractivity contribution in [1.29, 1.82) is 0 Å². The first kappa shape index (κ1) is 20.1. The molecule has 156 valence electrons. The van der Waals surface area contributed by atoms with E-state index in [0.717, 1.165) is 28.1 Å². The van der Waals surface area contributed by atoms with E-state index in [0.29, 0.717) is 12.1 Å². The highest BCUT2D eigenvalue weighted by Crippen LogP contribution is 2.32. The molecule has 0 unspecified atom stereocenters. The Labute approximate surface area is 176 Å². The second kappa shape index (κ2) is 6.97. The van der Waals surface area contributed by atoms with Gasteiger partial charge in [-0.15, -0.1) is 0 Å². The number of rotatable bonds is 3. The topological polar surface area (TPSA) is 69.7 Å². The molecule has 30 heavy (non-hydrogen) atoms. The summed E-state index contributed by atoms with van der Waals surface area (Å²) in [4.78, 5) is 41.4. The van der Waals surface area contributed by atoms with Gasteiger partial charge in [-0.3, -0.25) is 14.5 Å². The van der Waals surface area contributed by atoms with Crippen LogP contribution in [0.3, 0.4) is 0 Å². The van der Waals surface area contributed by atoms with Crippen LogP contribution >= 0.6 is 0 Å². The highest BCUT2D eigenvalue weighted by molar-refractivity contribution is 6.10. The van der Waals surface area contributed by atoms with Crippen LogP contribution in [0.4, 0.5) is 10.5 Å². The van der Waals surface area contributed by atoms with E-state index in [4.69, 9.17) is 0 Å². The van der Waals surface area contributed by atoms with Crippen LogP contribution < -0.4 is 10.2 Å². The second-order valence-electron chi connectivity index (χ2n) is 9.20. The van der Waals surface area contributed by atoms with Gasteiger partial charge in [-0.1, -0.05) is 63.2 Å². The minimum atomic E-state index is -1.18. The number of anilines is 1. The molecule has 1 atom stereocenters. The van der Waals surface area contributed by atoms with Gasteiger partial charge in [0.2, 0.25) is 5.91 Å². The quantitative estimate of drug-likeness (QED) is 0.797. The first-order valence-corrected chi connectivity index (χ1v) is 10.2. The third-order valence-electron chi connectivity index (χ3n) is 6.08.